The Morgan fingerprint density at radius 3 is 1.81 bits per heavy atom. The van der Waals surface area contributed by atoms with Gasteiger partial charge in [-0.05, 0) is 42.8 Å². The number of non-ortho nitro benzene ring substituents is 1. The van der Waals surface area contributed by atoms with Gasteiger partial charge in [0.25, 0.3) is 5.69 Å². The normalized spacial score (nSPS) is 12.5. The molecule has 3 aromatic rings. The highest BCUT2D eigenvalue weighted by Gasteiger charge is 2.54. The number of nitro groups is 1. The van der Waals surface area contributed by atoms with Gasteiger partial charge >= 0.3 is 19.5 Å². The zero-order valence-electron chi connectivity index (χ0n) is 20.2. The predicted octanol–water partition coefficient (Wildman–Crippen LogP) is 4.75. The fraction of sp³-hybridized carbons (Fsp3) is 0.200. The molecule has 11 nitrogen and oxygen atoms in total. The van der Waals surface area contributed by atoms with E-state index in [1.54, 1.807) is 43.3 Å². The fourth-order valence-corrected chi connectivity index (χ4v) is 5.46. The number of anilines is 1. The van der Waals surface area contributed by atoms with Crippen molar-refractivity contribution in [2.24, 2.45) is 0 Å². The Balaban J connectivity index is 2.13. The van der Waals surface area contributed by atoms with Gasteiger partial charge in [0.1, 0.15) is 11.5 Å². The SMILES string of the molecule is COC(=O)[C@H]([C@@H](Nc1ccc([N+](=O)[O-])cc1C)C(=O)OC)P(=O)(Oc1ccccc1)Oc1ccccc1. The Morgan fingerprint density at radius 2 is 1.38 bits per heavy atom. The van der Waals surface area contributed by atoms with Crippen LogP contribution in [0.15, 0.2) is 78.9 Å². The summed E-state index contributed by atoms with van der Waals surface area (Å²) in [5.41, 5.74) is -1.39. The van der Waals surface area contributed by atoms with Crippen LogP contribution in [0.25, 0.3) is 0 Å². The van der Waals surface area contributed by atoms with Gasteiger partial charge in [0.05, 0.1) is 19.1 Å². The number of ether oxygens (including phenoxy) is 2. The van der Waals surface area contributed by atoms with Gasteiger partial charge in [-0.2, -0.15) is 0 Å². The number of nitrogens with zero attached hydrogens (tertiary/aromatic N) is 1. The Kier molecular flexibility index (Phi) is 8.86. The summed E-state index contributed by atoms with van der Waals surface area (Å²) in [5, 5.41) is 14.0. The van der Waals surface area contributed by atoms with Gasteiger partial charge in [-0.15, -0.1) is 0 Å². The molecule has 0 bridgehead atoms. The lowest BCUT2D eigenvalue weighted by Gasteiger charge is -2.31. The molecule has 194 valence electrons. The zero-order chi connectivity index (χ0) is 27.0. The summed E-state index contributed by atoms with van der Waals surface area (Å²) in [7, 11) is -2.43. The lowest BCUT2D eigenvalue weighted by Crippen LogP contribution is -2.47. The Morgan fingerprint density at radius 1 is 0.865 bits per heavy atom. The molecule has 0 radical (unpaired) electrons. The number of aryl methyl sites for hydroxylation is 1. The molecular formula is C25H25N2O9P. The molecule has 0 amide bonds. The number of carbonyl (C=O) groups is 2. The van der Waals surface area contributed by atoms with Crippen LogP contribution >= 0.6 is 7.60 Å². The van der Waals surface area contributed by atoms with Crippen LogP contribution in [0.4, 0.5) is 11.4 Å². The molecule has 12 heteroatoms. The van der Waals surface area contributed by atoms with Crippen LogP contribution in [-0.2, 0) is 23.6 Å². The van der Waals surface area contributed by atoms with Gasteiger partial charge in [-0.3, -0.25) is 14.9 Å². The first-order valence-electron chi connectivity index (χ1n) is 10.9. The summed E-state index contributed by atoms with van der Waals surface area (Å²) in [6.07, 6.45) is 0. The predicted molar refractivity (Wildman–Crippen MR) is 135 cm³/mol. The molecule has 3 rings (SSSR count). The molecule has 0 aliphatic heterocycles. The van der Waals surface area contributed by atoms with E-state index in [1.165, 1.54) is 42.5 Å². The second kappa shape index (κ2) is 12.0. The van der Waals surface area contributed by atoms with Crippen molar-refractivity contribution >= 4 is 30.9 Å². The average molecular weight is 528 g/mol. The van der Waals surface area contributed by atoms with E-state index in [9.17, 15) is 24.3 Å². The second-order valence-corrected chi connectivity index (χ2v) is 9.72. The summed E-state index contributed by atoms with van der Waals surface area (Å²) in [6, 6.07) is 18.2. The van der Waals surface area contributed by atoms with E-state index in [1.807, 2.05) is 0 Å². The standard InChI is InChI=1S/C25H25N2O9P/c1-17-16-18(27(30)31)14-15-21(17)26-22(24(28)33-2)23(25(29)34-3)37(32,35-19-10-6-4-7-11-19)36-20-12-8-5-9-13-20/h4-16,22-23,26H,1-3H3/t22-,23+/m1/s1. The third-order valence-corrected chi connectivity index (χ3v) is 7.36. The number of rotatable bonds is 11. The number of para-hydroxylation sites is 2. The molecule has 37 heavy (non-hydrogen) atoms. The molecule has 0 aliphatic carbocycles. The van der Waals surface area contributed by atoms with Crippen LogP contribution in [-0.4, -0.2) is 42.8 Å². The summed E-state index contributed by atoms with van der Waals surface area (Å²) in [5.74, 6) is -1.81. The van der Waals surface area contributed by atoms with Crippen LogP contribution in [0.3, 0.4) is 0 Å². The van der Waals surface area contributed by atoms with Crippen LogP contribution in [0.5, 0.6) is 11.5 Å². The number of hydrogen-bond acceptors (Lipinski definition) is 10. The highest BCUT2D eigenvalue weighted by Crippen LogP contribution is 2.55. The number of benzene rings is 3. The average Bonchev–Trinajstić information content (AvgIpc) is 2.89. The smallest absolute Gasteiger partial charge is 0.447 e. The summed E-state index contributed by atoms with van der Waals surface area (Å²) in [6.45, 7) is 1.57. The van der Waals surface area contributed by atoms with E-state index < -0.39 is 36.2 Å². The number of nitro benzene ring substituents is 1. The number of esters is 2. The first kappa shape index (κ1) is 27.2. The van der Waals surface area contributed by atoms with Crippen molar-refractivity contribution in [2.45, 2.75) is 18.6 Å². The minimum absolute atomic E-state index is 0.116. The lowest BCUT2D eigenvalue weighted by atomic mass is 10.1. The molecule has 0 aliphatic rings. The second-order valence-electron chi connectivity index (χ2n) is 7.72. The molecule has 3 aromatic carbocycles. The monoisotopic (exact) mass is 528 g/mol. The number of carbonyl (C=O) groups excluding carboxylic acids is 2. The van der Waals surface area contributed by atoms with Crippen LogP contribution in [0, 0.1) is 17.0 Å². The molecule has 0 saturated carbocycles. The topological polar surface area (TPSA) is 143 Å². The Labute approximate surface area is 213 Å². The maximum atomic E-state index is 14.5. The van der Waals surface area contributed by atoms with Gasteiger partial charge < -0.3 is 23.8 Å². The van der Waals surface area contributed by atoms with Gasteiger partial charge in [0.2, 0.25) is 5.66 Å². The van der Waals surface area contributed by atoms with E-state index in [0.717, 1.165) is 14.2 Å². The van der Waals surface area contributed by atoms with Crippen molar-refractivity contribution in [2.75, 3.05) is 19.5 Å². The maximum absolute atomic E-state index is 14.5. The lowest BCUT2D eigenvalue weighted by molar-refractivity contribution is -0.384. The molecule has 2 atom stereocenters. The quantitative estimate of drug-likeness (QED) is 0.160. The van der Waals surface area contributed by atoms with Gasteiger partial charge in [-0.25, -0.2) is 9.36 Å². The fourth-order valence-electron chi connectivity index (χ4n) is 3.44. The van der Waals surface area contributed by atoms with Crippen molar-refractivity contribution in [1.82, 2.24) is 0 Å². The van der Waals surface area contributed by atoms with Gasteiger partial charge in [0.15, 0.2) is 6.04 Å². The molecule has 0 unspecified atom stereocenters. The first-order chi connectivity index (χ1) is 17.7. The highest BCUT2D eigenvalue weighted by molar-refractivity contribution is 7.56. The van der Waals surface area contributed by atoms with Gasteiger partial charge in [0, 0.05) is 17.8 Å². The van der Waals surface area contributed by atoms with E-state index in [0.29, 0.717) is 5.56 Å². The number of methoxy groups -OCH3 is 2. The van der Waals surface area contributed by atoms with E-state index >= 15 is 0 Å². The largest absolute Gasteiger partial charge is 0.468 e. The Bertz CT molecular complexity index is 1260. The van der Waals surface area contributed by atoms with Crippen LogP contribution in [0.1, 0.15) is 5.56 Å². The van der Waals surface area contributed by atoms with E-state index in [4.69, 9.17) is 18.5 Å². The molecule has 0 aromatic heterocycles. The molecule has 0 fully saturated rings. The minimum Gasteiger partial charge on any atom is -0.468 e. The molecule has 0 spiro atoms. The third kappa shape index (κ3) is 6.65. The molecule has 1 N–H and O–H groups in total. The molecule has 0 saturated heterocycles. The number of nitrogens with one attached hydrogen (secondary N) is 1. The number of hydrogen-bond donors (Lipinski definition) is 1. The summed E-state index contributed by atoms with van der Waals surface area (Å²) < 4.78 is 35.8. The van der Waals surface area contributed by atoms with Crippen molar-refractivity contribution in [3.8, 4) is 11.5 Å². The summed E-state index contributed by atoms with van der Waals surface area (Å²) in [4.78, 5) is 36.7. The van der Waals surface area contributed by atoms with Crippen LogP contribution in [0.2, 0.25) is 0 Å². The summed E-state index contributed by atoms with van der Waals surface area (Å²) >= 11 is 0. The van der Waals surface area contributed by atoms with Gasteiger partial charge in [-0.1, -0.05) is 36.4 Å². The van der Waals surface area contributed by atoms with Crippen molar-refractivity contribution in [1.29, 1.82) is 0 Å². The van der Waals surface area contributed by atoms with E-state index in [-0.39, 0.29) is 22.9 Å². The molecule has 0 heterocycles. The van der Waals surface area contributed by atoms with Crippen molar-refractivity contribution < 1.29 is 37.6 Å². The van der Waals surface area contributed by atoms with Crippen molar-refractivity contribution in [3.05, 3.63) is 94.5 Å². The molecular weight excluding hydrogens is 503 g/mol. The third-order valence-electron chi connectivity index (χ3n) is 5.24. The van der Waals surface area contributed by atoms with E-state index in [2.05, 4.69) is 5.32 Å². The van der Waals surface area contributed by atoms with Crippen LogP contribution < -0.4 is 14.4 Å². The highest BCUT2D eigenvalue weighted by atomic mass is 31.2. The minimum atomic E-state index is -4.59. The Hall–Kier alpha value is -4.37. The maximum Gasteiger partial charge on any atom is 0.447 e. The van der Waals surface area contributed by atoms with Crippen molar-refractivity contribution in [3.63, 3.8) is 0 Å². The zero-order valence-corrected chi connectivity index (χ0v) is 21.1. The first-order valence-corrected chi connectivity index (χ1v) is 12.6.